The van der Waals surface area contributed by atoms with Gasteiger partial charge in [-0.3, -0.25) is 0 Å². The summed E-state index contributed by atoms with van der Waals surface area (Å²) in [6.45, 7) is 7.85. The van der Waals surface area contributed by atoms with Crippen molar-refractivity contribution in [3.63, 3.8) is 0 Å². The van der Waals surface area contributed by atoms with Crippen LogP contribution in [-0.4, -0.2) is 12.6 Å². The van der Waals surface area contributed by atoms with Crippen molar-refractivity contribution < 1.29 is 0 Å². The molecule has 1 aliphatic carbocycles. The lowest BCUT2D eigenvalue weighted by atomic mass is 9.98. The van der Waals surface area contributed by atoms with E-state index in [-0.39, 0.29) is 0 Å². The molecule has 0 amide bonds. The SMILES string of the molecule is CC1(C)CC1NCc1ccc2c(c1)CNCC2. The largest absolute Gasteiger partial charge is 0.312 e. The second-order valence-corrected chi connectivity index (χ2v) is 6.16. The number of nitrogens with one attached hydrogen (secondary N) is 2. The van der Waals surface area contributed by atoms with E-state index < -0.39 is 0 Å². The second-order valence-electron chi connectivity index (χ2n) is 6.16. The number of hydrogen-bond donors (Lipinski definition) is 2. The highest BCUT2D eigenvalue weighted by Crippen LogP contribution is 2.44. The van der Waals surface area contributed by atoms with Crippen LogP contribution in [0.15, 0.2) is 18.2 Å². The average Bonchev–Trinajstić information content (AvgIpc) is 2.94. The number of benzene rings is 1. The molecule has 1 saturated carbocycles. The van der Waals surface area contributed by atoms with Crippen LogP contribution in [0.5, 0.6) is 0 Å². The van der Waals surface area contributed by atoms with Gasteiger partial charge in [-0.1, -0.05) is 32.0 Å². The lowest BCUT2D eigenvalue weighted by Crippen LogP contribution is -2.24. The van der Waals surface area contributed by atoms with Crippen LogP contribution in [0.25, 0.3) is 0 Å². The van der Waals surface area contributed by atoms with Gasteiger partial charge in [0, 0.05) is 19.1 Å². The highest BCUT2D eigenvalue weighted by atomic mass is 15.0. The fraction of sp³-hybridized carbons (Fsp3) is 0.600. The molecular weight excluding hydrogens is 208 g/mol. The van der Waals surface area contributed by atoms with E-state index in [1.165, 1.54) is 29.5 Å². The van der Waals surface area contributed by atoms with Gasteiger partial charge in [-0.25, -0.2) is 0 Å². The van der Waals surface area contributed by atoms with Crippen LogP contribution in [0.1, 0.15) is 37.0 Å². The average molecular weight is 230 g/mol. The fourth-order valence-electron chi connectivity index (χ4n) is 2.70. The molecule has 2 N–H and O–H groups in total. The maximum atomic E-state index is 3.65. The highest BCUT2D eigenvalue weighted by molar-refractivity contribution is 5.33. The fourth-order valence-corrected chi connectivity index (χ4v) is 2.70. The maximum absolute atomic E-state index is 3.65. The molecule has 2 heteroatoms. The van der Waals surface area contributed by atoms with Crippen molar-refractivity contribution in [2.24, 2.45) is 5.41 Å². The van der Waals surface area contributed by atoms with Crippen LogP contribution < -0.4 is 10.6 Å². The lowest BCUT2D eigenvalue weighted by Gasteiger charge is -2.18. The Balaban J connectivity index is 1.64. The van der Waals surface area contributed by atoms with E-state index in [1.807, 2.05) is 0 Å². The van der Waals surface area contributed by atoms with Gasteiger partial charge < -0.3 is 10.6 Å². The summed E-state index contributed by atoms with van der Waals surface area (Å²) in [4.78, 5) is 0. The summed E-state index contributed by atoms with van der Waals surface area (Å²) in [7, 11) is 0. The smallest absolute Gasteiger partial charge is 0.0208 e. The van der Waals surface area contributed by atoms with Crippen molar-refractivity contribution in [1.29, 1.82) is 0 Å². The third kappa shape index (κ3) is 2.38. The summed E-state index contributed by atoms with van der Waals surface area (Å²) < 4.78 is 0. The zero-order valence-corrected chi connectivity index (χ0v) is 10.8. The van der Waals surface area contributed by atoms with Crippen molar-refractivity contribution >= 4 is 0 Å². The Morgan fingerprint density at radius 3 is 2.94 bits per heavy atom. The first-order valence-electron chi connectivity index (χ1n) is 6.70. The quantitative estimate of drug-likeness (QED) is 0.832. The van der Waals surface area contributed by atoms with Crippen molar-refractivity contribution in [3.8, 4) is 0 Å². The van der Waals surface area contributed by atoms with Gasteiger partial charge in [0.2, 0.25) is 0 Å². The molecule has 1 unspecified atom stereocenters. The summed E-state index contributed by atoms with van der Waals surface area (Å²) in [5.74, 6) is 0. The van der Waals surface area contributed by atoms with Crippen molar-refractivity contribution in [1.82, 2.24) is 10.6 Å². The van der Waals surface area contributed by atoms with E-state index in [0.717, 1.165) is 25.7 Å². The van der Waals surface area contributed by atoms with Gasteiger partial charge in [-0.2, -0.15) is 0 Å². The van der Waals surface area contributed by atoms with E-state index in [2.05, 4.69) is 42.7 Å². The monoisotopic (exact) mass is 230 g/mol. The molecule has 17 heavy (non-hydrogen) atoms. The molecule has 1 atom stereocenters. The molecule has 2 nitrogen and oxygen atoms in total. The zero-order chi connectivity index (χ0) is 11.9. The molecule has 92 valence electrons. The summed E-state index contributed by atoms with van der Waals surface area (Å²) in [6.07, 6.45) is 2.50. The predicted octanol–water partition coefficient (Wildman–Crippen LogP) is 2.22. The highest BCUT2D eigenvalue weighted by Gasteiger charge is 2.44. The maximum Gasteiger partial charge on any atom is 0.0208 e. The van der Waals surface area contributed by atoms with Gasteiger partial charge in [0.25, 0.3) is 0 Å². The van der Waals surface area contributed by atoms with Crippen molar-refractivity contribution in [2.45, 2.75) is 45.8 Å². The van der Waals surface area contributed by atoms with Crippen molar-refractivity contribution in [3.05, 3.63) is 34.9 Å². The molecule has 2 aliphatic rings. The predicted molar refractivity (Wildman–Crippen MR) is 70.9 cm³/mol. The molecule has 1 heterocycles. The molecule has 3 rings (SSSR count). The summed E-state index contributed by atoms with van der Waals surface area (Å²) in [5, 5.41) is 7.09. The molecule has 0 saturated heterocycles. The van der Waals surface area contributed by atoms with Crippen LogP contribution in [0.2, 0.25) is 0 Å². The molecule has 1 aromatic carbocycles. The van der Waals surface area contributed by atoms with Crippen molar-refractivity contribution in [2.75, 3.05) is 6.54 Å². The van der Waals surface area contributed by atoms with E-state index in [4.69, 9.17) is 0 Å². The molecule has 0 radical (unpaired) electrons. The van der Waals surface area contributed by atoms with Crippen LogP contribution in [0.3, 0.4) is 0 Å². The first-order chi connectivity index (χ1) is 8.15. The topological polar surface area (TPSA) is 24.1 Å². The Morgan fingerprint density at radius 2 is 2.18 bits per heavy atom. The van der Waals surface area contributed by atoms with Crippen LogP contribution >= 0.6 is 0 Å². The molecule has 1 aliphatic heterocycles. The summed E-state index contributed by atoms with van der Waals surface area (Å²) in [6, 6.07) is 7.68. The van der Waals surface area contributed by atoms with Gasteiger partial charge in [0.1, 0.15) is 0 Å². The first-order valence-corrected chi connectivity index (χ1v) is 6.70. The molecule has 1 fully saturated rings. The molecule has 0 bridgehead atoms. The van der Waals surface area contributed by atoms with Gasteiger partial charge in [0.15, 0.2) is 0 Å². The Bertz CT molecular complexity index is 423. The Hall–Kier alpha value is -0.860. The van der Waals surface area contributed by atoms with Gasteiger partial charge in [-0.15, -0.1) is 0 Å². The minimum absolute atomic E-state index is 0.524. The Labute approximate surface area is 104 Å². The van der Waals surface area contributed by atoms with Crippen LogP contribution in [0.4, 0.5) is 0 Å². The van der Waals surface area contributed by atoms with E-state index in [0.29, 0.717) is 5.41 Å². The van der Waals surface area contributed by atoms with Crippen LogP contribution in [-0.2, 0) is 19.5 Å². The molecular formula is C15H22N2. The summed E-state index contributed by atoms with van der Waals surface area (Å²) in [5.41, 5.74) is 4.97. The standard InChI is InChI=1S/C15H22N2/c1-15(2)8-14(15)17-9-11-3-4-12-5-6-16-10-13(12)7-11/h3-4,7,14,16-17H,5-6,8-10H2,1-2H3. The molecule has 0 aromatic heterocycles. The van der Waals surface area contributed by atoms with E-state index in [9.17, 15) is 0 Å². The lowest BCUT2D eigenvalue weighted by molar-refractivity contribution is 0.541. The number of fused-ring (bicyclic) bond motifs is 1. The Morgan fingerprint density at radius 1 is 1.35 bits per heavy atom. The normalized spacial score (nSPS) is 25.4. The van der Waals surface area contributed by atoms with E-state index >= 15 is 0 Å². The summed E-state index contributed by atoms with van der Waals surface area (Å²) >= 11 is 0. The van der Waals surface area contributed by atoms with Gasteiger partial charge >= 0.3 is 0 Å². The number of hydrogen-bond acceptors (Lipinski definition) is 2. The molecule has 1 aromatic rings. The minimum atomic E-state index is 0.524. The van der Waals surface area contributed by atoms with Gasteiger partial charge in [0.05, 0.1) is 0 Å². The third-order valence-electron chi connectivity index (χ3n) is 4.22. The van der Waals surface area contributed by atoms with Gasteiger partial charge in [-0.05, 0) is 41.5 Å². The van der Waals surface area contributed by atoms with E-state index in [1.54, 1.807) is 0 Å². The first kappa shape index (κ1) is 11.2. The zero-order valence-electron chi connectivity index (χ0n) is 10.8. The minimum Gasteiger partial charge on any atom is -0.312 e. The Kier molecular flexibility index (Phi) is 2.72. The second kappa shape index (κ2) is 4.11. The third-order valence-corrected chi connectivity index (χ3v) is 4.22. The number of rotatable bonds is 3. The molecule has 0 spiro atoms. The van der Waals surface area contributed by atoms with Crippen LogP contribution in [0, 0.1) is 5.41 Å².